The number of benzene rings is 2. The number of halogens is 1. The lowest BCUT2D eigenvalue weighted by molar-refractivity contribution is -0.132. The zero-order valence-electron chi connectivity index (χ0n) is 18.0. The van der Waals surface area contributed by atoms with Gasteiger partial charge < -0.3 is 14.5 Å². The fourth-order valence-corrected chi connectivity index (χ4v) is 4.80. The summed E-state index contributed by atoms with van der Waals surface area (Å²) >= 11 is 6.09. The molecule has 5 rings (SSSR count). The van der Waals surface area contributed by atoms with Gasteiger partial charge in [0.05, 0.1) is 11.0 Å². The summed E-state index contributed by atoms with van der Waals surface area (Å²) in [7, 11) is 0. The molecule has 1 fully saturated rings. The van der Waals surface area contributed by atoms with Gasteiger partial charge in [-0.05, 0) is 54.8 Å². The van der Waals surface area contributed by atoms with E-state index in [4.69, 9.17) is 16.6 Å². The molecule has 0 aliphatic carbocycles. The Balaban J connectivity index is 1.24. The van der Waals surface area contributed by atoms with Gasteiger partial charge in [0.1, 0.15) is 5.82 Å². The first-order valence-corrected chi connectivity index (χ1v) is 11.6. The Bertz CT molecular complexity index is 1140. The van der Waals surface area contributed by atoms with E-state index in [1.807, 2.05) is 71.9 Å². The number of amides is 1. The first-order chi connectivity index (χ1) is 15.7. The minimum absolute atomic E-state index is 0.111. The second-order valence-corrected chi connectivity index (χ2v) is 9.06. The quantitative estimate of drug-likeness (QED) is 0.419. The van der Waals surface area contributed by atoms with E-state index < -0.39 is 0 Å². The highest BCUT2D eigenvalue weighted by molar-refractivity contribution is 6.30. The Morgan fingerprint density at radius 3 is 2.47 bits per heavy atom. The molecule has 1 atom stereocenters. The second kappa shape index (κ2) is 9.21. The van der Waals surface area contributed by atoms with Crippen molar-refractivity contribution in [3.8, 4) is 0 Å². The molecule has 0 spiro atoms. The minimum Gasteiger partial charge on any atom is -0.354 e. The highest BCUT2D eigenvalue weighted by atomic mass is 35.5. The molecule has 6 heteroatoms. The molecule has 2 aromatic carbocycles. The number of aromatic amines is 1. The number of carbonyl (C=O) groups excluding carboxylic acids is 1. The van der Waals surface area contributed by atoms with Gasteiger partial charge in [0.15, 0.2) is 0 Å². The molecule has 2 aromatic heterocycles. The Morgan fingerprint density at radius 1 is 1.03 bits per heavy atom. The van der Waals surface area contributed by atoms with Gasteiger partial charge in [-0.1, -0.05) is 35.9 Å². The van der Waals surface area contributed by atoms with Gasteiger partial charge in [-0.3, -0.25) is 4.79 Å². The van der Waals surface area contributed by atoms with Crippen molar-refractivity contribution in [1.29, 1.82) is 0 Å². The Kier molecular flexibility index (Phi) is 5.99. The summed E-state index contributed by atoms with van der Waals surface area (Å²) in [5.74, 6) is 1.75. The number of imidazole rings is 1. The molecule has 3 heterocycles. The number of fused-ring (bicyclic) bond motifs is 1. The molecule has 0 saturated carbocycles. The van der Waals surface area contributed by atoms with Crippen LogP contribution in [-0.4, -0.2) is 38.4 Å². The topological polar surface area (TPSA) is 53.9 Å². The first-order valence-electron chi connectivity index (χ1n) is 11.2. The average molecular weight is 447 g/mol. The highest BCUT2D eigenvalue weighted by Crippen LogP contribution is 2.30. The van der Waals surface area contributed by atoms with E-state index >= 15 is 0 Å². The van der Waals surface area contributed by atoms with Crippen LogP contribution in [0.1, 0.15) is 42.5 Å². The molecule has 164 valence electrons. The number of aromatic nitrogens is 3. The van der Waals surface area contributed by atoms with Crippen molar-refractivity contribution in [2.45, 2.75) is 37.6 Å². The zero-order chi connectivity index (χ0) is 21.9. The average Bonchev–Trinajstić information content (AvgIpc) is 3.49. The van der Waals surface area contributed by atoms with Crippen LogP contribution in [0.15, 0.2) is 73.1 Å². The van der Waals surface area contributed by atoms with Crippen LogP contribution in [0.5, 0.6) is 0 Å². The minimum atomic E-state index is 0.111. The molecule has 0 unspecified atom stereocenters. The Labute approximate surface area is 193 Å². The van der Waals surface area contributed by atoms with Crippen LogP contribution in [0.2, 0.25) is 5.02 Å². The zero-order valence-corrected chi connectivity index (χ0v) is 18.7. The third-order valence-corrected chi connectivity index (χ3v) is 6.75. The van der Waals surface area contributed by atoms with E-state index in [9.17, 15) is 4.79 Å². The van der Waals surface area contributed by atoms with Crippen molar-refractivity contribution in [1.82, 2.24) is 19.4 Å². The summed E-state index contributed by atoms with van der Waals surface area (Å²) in [4.78, 5) is 23.5. The number of H-pyrrole nitrogens is 1. The predicted octanol–water partition coefficient (Wildman–Crippen LogP) is 5.60. The van der Waals surface area contributed by atoms with Gasteiger partial charge >= 0.3 is 0 Å². The van der Waals surface area contributed by atoms with Crippen molar-refractivity contribution in [3.63, 3.8) is 0 Å². The monoisotopic (exact) mass is 446 g/mol. The van der Waals surface area contributed by atoms with Gasteiger partial charge in [0, 0.05) is 55.3 Å². The normalized spacial score (nSPS) is 15.8. The highest BCUT2D eigenvalue weighted by Gasteiger charge is 2.27. The smallest absolute Gasteiger partial charge is 0.223 e. The first kappa shape index (κ1) is 20.8. The lowest BCUT2D eigenvalue weighted by Crippen LogP contribution is -2.39. The van der Waals surface area contributed by atoms with Gasteiger partial charge in [0.2, 0.25) is 5.91 Å². The van der Waals surface area contributed by atoms with E-state index in [1.165, 1.54) is 0 Å². The SMILES string of the molecule is O=C(C[C@H](Cn1cccc1)c1ccc(Cl)cc1)N1CCC(c2nc3ccccc3[nH]2)CC1. The van der Waals surface area contributed by atoms with Crippen LogP contribution in [0.3, 0.4) is 0 Å². The molecule has 1 aliphatic heterocycles. The number of likely N-dealkylation sites (tertiary alicyclic amines) is 1. The molecular formula is C26H27ClN4O. The van der Waals surface area contributed by atoms with Gasteiger partial charge in [0.25, 0.3) is 0 Å². The molecule has 1 saturated heterocycles. The molecular weight excluding hydrogens is 420 g/mol. The molecule has 5 nitrogen and oxygen atoms in total. The number of nitrogens with zero attached hydrogens (tertiary/aromatic N) is 3. The number of piperidine rings is 1. The van der Waals surface area contributed by atoms with E-state index in [0.717, 1.165) is 54.9 Å². The maximum absolute atomic E-state index is 13.2. The van der Waals surface area contributed by atoms with Crippen LogP contribution in [0.25, 0.3) is 11.0 Å². The van der Waals surface area contributed by atoms with Crippen LogP contribution < -0.4 is 0 Å². The van der Waals surface area contributed by atoms with Gasteiger partial charge in [-0.25, -0.2) is 4.98 Å². The summed E-state index contributed by atoms with van der Waals surface area (Å²) in [5.41, 5.74) is 3.24. The standard InChI is InChI=1S/C26H27ClN4O/c27-22-9-7-19(8-10-22)21(18-30-13-3-4-14-30)17-25(32)31-15-11-20(12-16-31)26-28-23-5-1-2-6-24(23)29-26/h1-10,13-14,20-21H,11-12,15-18H2,(H,28,29)/t21-/m1/s1. The van der Waals surface area contributed by atoms with Crippen molar-refractivity contribution in [3.05, 3.63) is 89.5 Å². The predicted molar refractivity (Wildman–Crippen MR) is 128 cm³/mol. The summed E-state index contributed by atoms with van der Waals surface area (Å²) in [6.07, 6.45) is 6.47. The Morgan fingerprint density at radius 2 is 1.75 bits per heavy atom. The van der Waals surface area contributed by atoms with Crippen LogP contribution in [0.4, 0.5) is 0 Å². The number of para-hydroxylation sites is 2. The van der Waals surface area contributed by atoms with Gasteiger partial charge in [-0.2, -0.15) is 0 Å². The van der Waals surface area contributed by atoms with Crippen LogP contribution in [-0.2, 0) is 11.3 Å². The Hall–Kier alpha value is -3.05. The summed E-state index contributed by atoms with van der Waals surface area (Å²) < 4.78 is 2.14. The largest absolute Gasteiger partial charge is 0.354 e. The number of nitrogens with one attached hydrogen (secondary N) is 1. The number of carbonyl (C=O) groups is 1. The molecule has 1 aliphatic rings. The fourth-order valence-electron chi connectivity index (χ4n) is 4.68. The van der Waals surface area contributed by atoms with Crippen molar-refractivity contribution in [2.75, 3.05) is 13.1 Å². The third kappa shape index (κ3) is 4.58. The van der Waals surface area contributed by atoms with Crippen molar-refractivity contribution < 1.29 is 4.79 Å². The van der Waals surface area contributed by atoms with Crippen molar-refractivity contribution >= 4 is 28.5 Å². The maximum atomic E-state index is 13.2. The molecule has 4 aromatic rings. The second-order valence-electron chi connectivity index (χ2n) is 8.63. The lowest BCUT2D eigenvalue weighted by atomic mass is 9.92. The number of hydrogen-bond acceptors (Lipinski definition) is 2. The van der Waals surface area contributed by atoms with E-state index in [2.05, 4.69) is 15.6 Å². The van der Waals surface area contributed by atoms with Crippen LogP contribution >= 0.6 is 11.6 Å². The van der Waals surface area contributed by atoms with E-state index in [0.29, 0.717) is 17.4 Å². The number of hydrogen-bond donors (Lipinski definition) is 1. The summed E-state index contributed by atoms with van der Waals surface area (Å²) in [5, 5.41) is 0.715. The summed E-state index contributed by atoms with van der Waals surface area (Å²) in [6, 6.07) is 20.1. The van der Waals surface area contributed by atoms with E-state index in [-0.39, 0.29) is 11.8 Å². The van der Waals surface area contributed by atoms with Crippen LogP contribution in [0, 0.1) is 0 Å². The molecule has 0 bridgehead atoms. The molecule has 32 heavy (non-hydrogen) atoms. The molecule has 0 radical (unpaired) electrons. The van der Waals surface area contributed by atoms with E-state index in [1.54, 1.807) is 0 Å². The summed E-state index contributed by atoms with van der Waals surface area (Å²) in [6.45, 7) is 2.32. The molecule has 1 N–H and O–H groups in total. The number of rotatable bonds is 6. The lowest BCUT2D eigenvalue weighted by Gasteiger charge is -2.32. The fraction of sp³-hybridized carbons (Fsp3) is 0.308. The van der Waals surface area contributed by atoms with Crippen molar-refractivity contribution in [2.24, 2.45) is 0 Å². The third-order valence-electron chi connectivity index (χ3n) is 6.50. The maximum Gasteiger partial charge on any atom is 0.223 e. The molecule has 1 amide bonds. The van der Waals surface area contributed by atoms with Gasteiger partial charge in [-0.15, -0.1) is 0 Å².